The predicted octanol–water partition coefficient (Wildman–Crippen LogP) is 3.50. The molecule has 0 N–H and O–H groups in total. The highest BCUT2D eigenvalue weighted by atomic mass is 16.5. The molecule has 0 aliphatic rings. The van der Waals surface area contributed by atoms with Gasteiger partial charge in [0.25, 0.3) is 0 Å². The lowest BCUT2D eigenvalue weighted by atomic mass is 9.88. The van der Waals surface area contributed by atoms with Crippen molar-refractivity contribution >= 4 is 5.97 Å². The average Bonchev–Trinajstić information content (AvgIpc) is 2.19. The minimum atomic E-state index is -0.359. The minimum Gasteiger partial charge on any atom is -0.423 e. The summed E-state index contributed by atoms with van der Waals surface area (Å²) in [6.45, 7) is 11.5. The second-order valence-electron chi connectivity index (χ2n) is 4.88. The number of benzene rings is 1. The first-order valence-electron chi connectivity index (χ1n) is 5.29. The maximum atomic E-state index is 11.8. The number of carbonyl (C=O) groups excluding carboxylic acids is 1. The molecule has 0 saturated carbocycles. The zero-order chi connectivity index (χ0) is 12.3. The van der Waals surface area contributed by atoms with Crippen molar-refractivity contribution in [2.45, 2.75) is 27.7 Å². The van der Waals surface area contributed by atoms with Crippen molar-refractivity contribution < 1.29 is 9.53 Å². The Hall–Kier alpha value is -1.57. The zero-order valence-corrected chi connectivity index (χ0v) is 10.3. The van der Waals surface area contributed by atoms with Gasteiger partial charge in [0.05, 0.1) is 0 Å². The van der Waals surface area contributed by atoms with Crippen LogP contribution >= 0.6 is 0 Å². The quantitative estimate of drug-likeness (QED) is 0.431. The molecule has 1 aromatic rings. The van der Waals surface area contributed by atoms with E-state index in [2.05, 4.69) is 6.58 Å². The number of esters is 1. The van der Waals surface area contributed by atoms with E-state index in [-0.39, 0.29) is 11.4 Å². The Morgan fingerprint density at radius 2 is 1.81 bits per heavy atom. The van der Waals surface area contributed by atoms with Gasteiger partial charge < -0.3 is 4.74 Å². The van der Waals surface area contributed by atoms with Crippen molar-refractivity contribution in [1.82, 2.24) is 0 Å². The molecular formula is C14H18O2. The lowest BCUT2D eigenvalue weighted by molar-refractivity contribution is -0.131. The van der Waals surface area contributed by atoms with Crippen molar-refractivity contribution in [3.63, 3.8) is 0 Å². The molecule has 1 rings (SSSR count). The van der Waals surface area contributed by atoms with Crippen LogP contribution in [-0.2, 0) is 4.79 Å². The Balaban J connectivity index is 2.81. The van der Waals surface area contributed by atoms with Crippen LogP contribution < -0.4 is 4.74 Å². The fourth-order valence-electron chi connectivity index (χ4n) is 1.14. The molecule has 0 bridgehead atoms. The molecule has 0 heterocycles. The van der Waals surface area contributed by atoms with Crippen molar-refractivity contribution in [3.8, 4) is 5.75 Å². The van der Waals surface area contributed by atoms with Gasteiger partial charge in [-0.15, -0.1) is 0 Å². The maximum Gasteiger partial charge on any atom is 0.339 e. The molecule has 0 atom stereocenters. The van der Waals surface area contributed by atoms with Crippen molar-refractivity contribution in [1.29, 1.82) is 0 Å². The molecule has 1 aromatic carbocycles. The summed E-state index contributed by atoms with van der Waals surface area (Å²) in [6.07, 6.45) is 0. The predicted molar refractivity (Wildman–Crippen MR) is 65.4 cm³/mol. The van der Waals surface area contributed by atoms with Gasteiger partial charge in [0.2, 0.25) is 0 Å². The molecule has 0 aromatic heterocycles. The van der Waals surface area contributed by atoms with Crippen molar-refractivity contribution in [2.75, 3.05) is 0 Å². The van der Waals surface area contributed by atoms with Crippen LogP contribution in [0, 0.1) is 12.3 Å². The molecule has 0 aliphatic heterocycles. The highest BCUT2D eigenvalue weighted by Gasteiger charge is 2.23. The Kier molecular flexibility index (Phi) is 3.53. The van der Waals surface area contributed by atoms with Gasteiger partial charge in [-0.05, 0) is 24.0 Å². The van der Waals surface area contributed by atoms with Crippen LogP contribution in [0.15, 0.2) is 36.4 Å². The van der Waals surface area contributed by atoms with E-state index >= 15 is 0 Å². The third kappa shape index (κ3) is 2.96. The van der Waals surface area contributed by atoms with E-state index in [1.54, 1.807) is 6.07 Å². The molecule has 0 spiro atoms. The number of ether oxygens (including phenoxy) is 1. The number of carbonyl (C=O) groups is 1. The molecular weight excluding hydrogens is 200 g/mol. The van der Waals surface area contributed by atoms with E-state index in [1.165, 1.54) is 0 Å². The van der Waals surface area contributed by atoms with E-state index in [0.717, 1.165) is 5.56 Å². The van der Waals surface area contributed by atoms with Gasteiger partial charge in [-0.25, -0.2) is 4.79 Å². The number of hydrogen-bond acceptors (Lipinski definition) is 2. The Morgan fingerprint density at radius 1 is 1.25 bits per heavy atom. The van der Waals surface area contributed by atoms with Crippen LogP contribution in [0.3, 0.4) is 0 Å². The minimum absolute atomic E-state index is 0.264. The number of aryl methyl sites for hydroxylation is 1. The summed E-state index contributed by atoms with van der Waals surface area (Å²) in [5.41, 5.74) is 1.16. The summed E-state index contributed by atoms with van der Waals surface area (Å²) in [5, 5.41) is 0. The first-order chi connectivity index (χ1) is 7.32. The standard InChI is InChI=1S/C14H18O2/c1-10-8-6-7-9-12(10)16-13(15)11(2)14(3,4)5/h6-9H,2H2,1,3-5H3. The summed E-state index contributed by atoms with van der Waals surface area (Å²) in [5.74, 6) is 0.236. The topological polar surface area (TPSA) is 26.3 Å². The fraction of sp³-hybridized carbons (Fsp3) is 0.357. The van der Waals surface area contributed by atoms with Gasteiger partial charge in [0, 0.05) is 5.57 Å². The molecule has 0 aliphatic carbocycles. The van der Waals surface area contributed by atoms with Gasteiger partial charge in [0.15, 0.2) is 0 Å². The molecule has 0 unspecified atom stereocenters. The second kappa shape index (κ2) is 4.52. The molecule has 16 heavy (non-hydrogen) atoms. The van der Waals surface area contributed by atoms with Gasteiger partial charge in [-0.1, -0.05) is 45.5 Å². The fourth-order valence-corrected chi connectivity index (χ4v) is 1.14. The SMILES string of the molecule is C=C(C(=O)Oc1ccccc1C)C(C)(C)C. The highest BCUT2D eigenvalue weighted by molar-refractivity contribution is 5.90. The monoisotopic (exact) mass is 218 g/mol. The normalized spacial score (nSPS) is 11.0. The molecule has 0 saturated heterocycles. The lowest BCUT2D eigenvalue weighted by Crippen LogP contribution is -2.21. The largest absolute Gasteiger partial charge is 0.423 e. The Labute approximate surface area is 96.9 Å². The average molecular weight is 218 g/mol. The van der Waals surface area contributed by atoms with E-state index in [1.807, 2.05) is 45.9 Å². The third-order valence-electron chi connectivity index (χ3n) is 2.45. The molecule has 2 heteroatoms. The summed E-state index contributed by atoms with van der Waals surface area (Å²) >= 11 is 0. The second-order valence-corrected chi connectivity index (χ2v) is 4.88. The van der Waals surface area contributed by atoms with Gasteiger partial charge in [-0.2, -0.15) is 0 Å². The van der Waals surface area contributed by atoms with Crippen LogP contribution in [0.2, 0.25) is 0 Å². The van der Waals surface area contributed by atoms with Crippen LogP contribution in [-0.4, -0.2) is 5.97 Å². The van der Waals surface area contributed by atoms with Crippen molar-refractivity contribution in [3.05, 3.63) is 42.0 Å². The van der Waals surface area contributed by atoms with E-state index in [0.29, 0.717) is 11.3 Å². The molecule has 86 valence electrons. The lowest BCUT2D eigenvalue weighted by Gasteiger charge is -2.20. The zero-order valence-electron chi connectivity index (χ0n) is 10.3. The van der Waals surface area contributed by atoms with Gasteiger partial charge in [0.1, 0.15) is 5.75 Å². The number of hydrogen-bond donors (Lipinski definition) is 0. The van der Waals surface area contributed by atoms with Crippen LogP contribution in [0.1, 0.15) is 26.3 Å². The maximum absolute atomic E-state index is 11.8. The van der Waals surface area contributed by atoms with E-state index in [4.69, 9.17) is 4.74 Å². The Morgan fingerprint density at radius 3 is 2.31 bits per heavy atom. The first kappa shape index (κ1) is 12.5. The number of rotatable bonds is 2. The smallest absolute Gasteiger partial charge is 0.339 e. The molecule has 0 fully saturated rings. The first-order valence-corrected chi connectivity index (χ1v) is 5.29. The van der Waals surface area contributed by atoms with E-state index in [9.17, 15) is 4.79 Å². The molecule has 2 nitrogen and oxygen atoms in total. The third-order valence-corrected chi connectivity index (χ3v) is 2.45. The van der Waals surface area contributed by atoms with Gasteiger partial charge >= 0.3 is 5.97 Å². The van der Waals surface area contributed by atoms with Crippen LogP contribution in [0.25, 0.3) is 0 Å². The number of para-hydroxylation sites is 1. The van der Waals surface area contributed by atoms with Crippen LogP contribution in [0.5, 0.6) is 5.75 Å². The summed E-state index contributed by atoms with van der Waals surface area (Å²) in [7, 11) is 0. The van der Waals surface area contributed by atoms with Crippen LogP contribution in [0.4, 0.5) is 0 Å². The molecule has 0 amide bonds. The van der Waals surface area contributed by atoms with Crippen molar-refractivity contribution in [2.24, 2.45) is 5.41 Å². The molecule has 0 radical (unpaired) electrons. The van der Waals surface area contributed by atoms with Gasteiger partial charge in [-0.3, -0.25) is 0 Å². The summed E-state index contributed by atoms with van der Waals surface area (Å²) in [4.78, 5) is 11.8. The highest BCUT2D eigenvalue weighted by Crippen LogP contribution is 2.26. The summed E-state index contributed by atoms with van der Waals surface area (Å²) < 4.78 is 5.29. The Bertz CT molecular complexity index is 411. The van der Waals surface area contributed by atoms with E-state index < -0.39 is 0 Å². The summed E-state index contributed by atoms with van der Waals surface area (Å²) in [6, 6.07) is 7.44.